The summed E-state index contributed by atoms with van der Waals surface area (Å²) in [5.74, 6) is -0.803. The molecule has 3 N–H and O–H groups in total. The number of ether oxygens (including phenoxy) is 1. The Morgan fingerprint density at radius 2 is 2.03 bits per heavy atom. The van der Waals surface area contributed by atoms with Crippen LogP contribution >= 0.6 is 0 Å². The lowest BCUT2D eigenvalue weighted by Crippen LogP contribution is -2.61. The van der Waals surface area contributed by atoms with Crippen molar-refractivity contribution in [3.63, 3.8) is 0 Å². The van der Waals surface area contributed by atoms with Crippen molar-refractivity contribution in [3.05, 3.63) is 64.0 Å². The third-order valence-corrected chi connectivity index (χ3v) is 5.32. The first kappa shape index (κ1) is 21.9. The highest BCUT2D eigenvalue weighted by Gasteiger charge is 2.32. The molecule has 1 aliphatic rings. The third-order valence-electron chi connectivity index (χ3n) is 5.32. The molecule has 0 aliphatic carbocycles. The van der Waals surface area contributed by atoms with Gasteiger partial charge >= 0.3 is 5.97 Å². The number of aryl methyl sites for hydroxylation is 1. The van der Waals surface area contributed by atoms with Gasteiger partial charge in [0.2, 0.25) is 5.91 Å². The number of benzene rings is 1. The minimum Gasteiger partial charge on any atom is -0.494 e. The number of carbonyl (C=O) groups excluding carboxylic acids is 2. The molecule has 0 saturated carbocycles. The Kier molecular flexibility index (Phi) is 6.03. The molecule has 2 amide bonds. The van der Waals surface area contributed by atoms with Gasteiger partial charge in [0.15, 0.2) is 0 Å². The van der Waals surface area contributed by atoms with Crippen LogP contribution in [-0.2, 0) is 11.2 Å². The topological polar surface area (TPSA) is 155 Å². The summed E-state index contributed by atoms with van der Waals surface area (Å²) in [7, 11) is 1.50. The second-order valence-corrected chi connectivity index (χ2v) is 7.58. The van der Waals surface area contributed by atoms with Gasteiger partial charge in [-0.25, -0.2) is 9.78 Å². The predicted molar refractivity (Wildman–Crippen MR) is 116 cm³/mol. The summed E-state index contributed by atoms with van der Waals surface area (Å²) in [6, 6.07) is 7.57. The third kappa shape index (κ3) is 4.66. The number of hydrogen-bond acceptors (Lipinski definition) is 7. The van der Waals surface area contributed by atoms with Crippen molar-refractivity contribution in [1.29, 1.82) is 0 Å². The number of H-pyrrole nitrogens is 1. The molecule has 2 aromatic heterocycles. The van der Waals surface area contributed by atoms with Crippen molar-refractivity contribution in [3.8, 4) is 5.75 Å². The molecule has 1 fully saturated rings. The van der Waals surface area contributed by atoms with Crippen LogP contribution in [0.2, 0.25) is 0 Å². The molecule has 33 heavy (non-hydrogen) atoms. The van der Waals surface area contributed by atoms with Crippen LogP contribution in [0.1, 0.15) is 33.1 Å². The van der Waals surface area contributed by atoms with Gasteiger partial charge in [-0.15, -0.1) is 0 Å². The molecule has 11 heteroatoms. The number of amides is 2. The van der Waals surface area contributed by atoms with Crippen molar-refractivity contribution in [2.24, 2.45) is 0 Å². The minimum atomic E-state index is -1.12. The Morgan fingerprint density at radius 3 is 2.70 bits per heavy atom. The molecule has 0 bridgehead atoms. The number of carboxylic acids is 1. The van der Waals surface area contributed by atoms with Gasteiger partial charge in [-0.05, 0) is 24.3 Å². The standard InChI is InChI=1S/C22H21N5O6/c1-33-16-4-2-3-14-19(16)25-17(26-20(14)29)7-8-18(28)24-13-10-27(11-13)21(30)15-6-5-12(9-23-15)22(31)32/h2-6,9,13H,7-8,10-11H2,1H3,(H,24,28)(H,31,32)(H,25,26,29). The Morgan fingerprint density at radius 1 is 1.24 bits per heavy atom. The number of aromatic nitrogens is 3. The normalized spacial score (nSPS) is 13.4. The summed E-state index contributed by atoms with van der Waals surface area (Å²) in [5, 5.41) is 12.2. The number of likely N-dealkylation sites (tertiary alicyclic amines) is 1. The Bertz CT molecular complexity index is 1280. The first-order valence-corrected chi connectivity index (χ1v) is 10.2. The number of carboxylic acid groups (broad SMARTS) is 1. The number of aromatic amines is 1. The molecule has 3 aromatic rings. The van der Waals surface area contributed by atoms with E-state index in [4.69, 9.17) is 9.84 Å². The van der Waals surface area contributed by atoms with E-state index in [1.54, 1.807) is 18.2 Å². The van der Waals surface area contributed by atoms with Gasteiger partial charge in [-0.3, -0.25) is 19.4 Å². The molecule has 0 atom stereocenters. The van der Waals surface area contributed by atoms with Gasteiger partial charge in [0.05, 0.1) is 24.1 Å². The Balaban J connectivity index is 1.29. The van der Waals surface area contributed by atoms with Crippen LogP contribution in [-0.4, -0.2) is 69.0 Å². The summed E-state index contributed by atoms with van der Waals surface area (Å²) >= 11 is 0. The van der Waals surface area contributed by atoms with Crippen molar-refractivity contribution in [1.82, 2.24) is 25.2 Å². The highest BCUT2D eigenvalue weighted by molar-refractivity contribution is 5.94. The molecule has 0 unspecified atom stereocenters. The van der Waals surface area contributed by atoms with Crippen molar-refractivity contribution in [2.75, 3.05) is 20.2 Å². The van der Waals surface area contributed by atoms with E-state index < -0.39 is 5.97 Å². The van der Waals surface area contributed by atoms with Gasteiger partial charge in [-0.1, -0.05) is 6.07 Å². The molecule has 1 aromatic carbocycles. The molecule has 1 saturated heterocycles. The summed E-state index contributed by atoms with van der Waals surface area (Å²) in [4.78, 5) is 60.4. The number of aromatic carboxylic acids is 1. The fraction of sp³-hybridized carbons (Fsp3) is 0.273. The Labute approximate surface area is 187 Å². The van der Waals surface area contributed by atoms with E-state index in [0.717, 1.165) is 6.20 Å². The van der Waals surface area contributed by atoms with Gasteiger partial charge in [0.25, 0.3) is 11.5 Å². The zero-order chi connectivity index (χ0) is 23.5. The number of nitrogens with one attached hydrogen (secondary N) is 2. The number of pyridine rings is 1. The van der Waals surface area contributed by atoms with E-state index in [9.17, 15) is 19.2 Å². The summed E-state index contributed by atoms with van der Waals surface area (Å²) in [6.45, 7) is 0.657. The van der Waals surface area contributed by atoms with E-state index in [-0.39, 0.29) is 47.5 Å². The minimum absolute atomic E-state index is 0.000918. The molecule has 1 aliphatic heterocycles. The lowest BCUT2D eigenvalue weighted by atomic mass is 10.1. The number of rotatable bonds is 7. The van der Waals surface area contributed by atoms with Crippen molar-refractivity contribution in [2.45, 2.75) is 18.9 Å². The lowest BCUT2D eigenvalue weighted by Gasteiger charge is -2.39. The number of methoxy groups -OCH3 is 1. The summed E-state index contributed by atoms with van der Waals surface area (Å²) in [5.41, 5.74) is 0.289. The maximum atomic E-state index is 12.4. The van der Waals surface area contributed by atoms with Gasteiger partial charge in [0, 0.05) is 32.1 Å². The summed E-state index contributed by atoms with van der Waals surface area (Å²) in [6.07, 6.45) is 1.49. The van der Waals surface area contributed by atoms with E-state index in [2.05, 4.69) is 20.3 Å². The highest BCUT2D eigenvalue weighted by Crippen LogP contribution is 2.20. The van der Waals surface area contributed by atoms with Gasteiger partial charge in [0.1, 0.15) is 22.8 Å². The average molecular weight is 451 g/mol. The fourth-order valence-corrected chi connectivity index (χ4v) is 3.54. The van der Waals surface area contributed by atoms with Crippen LogP contribution in [0.15, 0.2) is 41.3 Å². The van der Waals surface area contributed by atoms with Crippen LogP contribution in [0, 0.1) is 0 Å². The highest BCUT2D eigenvalue weighted by atomic mass is 16.5. The van der Waals surface area contributed by atoms with Crippen LogP contribution in [0.5, 0.6) is 5.75 Å². The molecular weight excluding hydrogens is 430 g/mol. The zero-order valence-electron chi connectivity index (χ0n) is 17.7. The van der Waals surface area contributed by atoms with Crippen LogP contribution in [0.3, 0.4) is 0 Å². The van der Waals surface area contributed by atoms with E-state index in [0.29, 0.717) is 35.6 Å². The average Bonchev–Trinajstić information content (AvgIpc) is 2.79. The molecule has 4 rings (SSSR count). The molecule has 0 spiro atoms. The first-order chi connectivity index (χ1) is 15.9. The maximum absolute atomic E-state index is 12.4. The largest absolute Gasteiger partial charge is 0.494 e. The molecule has 0 radical (unpaired) electrons. The SMILES string of the molecule is COc1cccc2c(=O)[nH]c(CCC(=O)NC3CN(C(=O)c4ccc(C(=O)O)cn4)C3)nc12. The number of hydrogen-bond donors (Lipinski definition) is 3. The van der Waals surface area contributed by atoms with Crippen molar-refractivity contribution >= 4 is 28.7 Å². The quantitative estimate of drug-likeness (QED) is 0.472. The van der Waals surface area contributed by atoms with Gasteiger partial charge in [-0.2, -0.15) is 0 Å². The van der Waals surface area contributed by atoms with Crippen LogP contribution in [0.4, 0.5) is 0 Å². The number of carbonyl (C=O) groups is 3. The number of para-hydroxylation sites is 1. The maximum Gasteiger partial charge on any atom is 0.337 e. The number of fused-ring (bicyclic) bond motifs is 1. The Hall–Kier alpha value is -4.28. The summed E-state index contributed by atoms with van der Waals surface area (Å²) < 4.78 is 5.26. The molecule has 11 nitrogen and oxygen atoms in total. The fourth-order valence-electron chi connectivity index (χ4n) is 3.54. The smallest absolute Gasteiger partial charge is 0.337 e. The van der Waals surface area contributed by atoms with Crippen LogP contribution in [0.25, 0.3) is 10.9 Å². The number of nitrogens with zero attached hydrogens (tertiary/aromatic N) is 3. The zero-order valence-corrected chi connectivity index (χ0v) is 17.7. The van der Waals surface area contributed by atoms with E-state index >= 15 is 0 Å². The second-order valence-electron chi connectivity index (χ2n) is 7.58. The van der Waals surface area contributed by atoms with Crippen LogP contribution < -0.4 is 15.6 Å². The monoisotopic (exact) mass is 451 g/mol. The van der Waals surface area contributed by atoms with E-state index in [1.807, 2.05) is 0 Å². The first-order valence-electron chi connectivity index (χ1n) is 10.2. The lowest BCUT2D eigenvalue weighted by molar-refractivity contribution is -0.122. The van der Waals surface area contributed by atoms with Crippen molar-refractivity contribution < 1.29 is 24.2 Å². The molecule has 170 valence electrons. The van der Waals surface area contributed by atoms with E-state index in [1.165, 1.54) is 24.1 Å². The molecular formula is C22H21N5O6. The van der Waals surface area contributed by atoms with Gasteiger partial charge < -0.3 is 25.0 Å². The second kappa shape index (κ2) is 9.07. The molecule has 3 heterocycles. The predicted octanol–water partition coefficient (Wildman–Crippen LogP) is 0.598.